The Morgan fingerprint density at radius 3 is 2.62 bits per heavy atom. The molecule has 0 atom stereocenters. The predicted molar refractivity (Wildman–Crippen MR) is 101 cm³/mol. The van der Waals surface area contributed by atoms with Gasteiger partial charge in [0.15, 0.2) is 0 Å². The highest BCUT2D eigenvalue weighted by Gasteiger charge is 2.15. The molecule has 0 aliphatic carbocycles. The maximum atomic E-state index is 9.30. The molecular weight excluding hydrogens is 316 g/mol. The van der Waals surface area contributed by atoms with Gasteiger partial charge in [-0.3, -0.25) is 0 Å². The van der Waals surface area contributed by atoms with Gasteiger partial charge in [0.25, 0.3) is 0 Å². The van der Waals surface area contributed by atoms with Gasteiger partial charge in [-0.25, -0.2) is 4.98 Å². The highest BCUT2D eigenvalue weighted by Crippen LogP contribution is 2.25. The summed E-state index contributed by atoms with van der Waals surface area (Å²) in [5, 5.41) is 15.2. The second-order valence-electron chi connectivity index (χ2n) is 6.32. The Balaban J connectivity index is 1.65. The van der Waals surface area contributed by atoms with Gasteiger partial charge in [0.1, 0.15) is 16.6 Å². The lowest BCUT2D eigenvalue weighted by Gasteiger charge is -2.32. The first-order valence-corrected chi connectivity index (χ1v) is 9.18. The molecule has 0 amide bonds. The van der Waals surface area contributed by atoms with Gasteiger partial charge in [-0.1, -0.05) is 6.92 Å². The lowest BCUT2D eigenvalue weighted by molar-refractivity contribution is 0.438. The summed E-state index contributed by atoms with van der Waals surface area (Å²) in [6, 6.07) is 10.6. The van der Waals surface area contributed by atoms with Gasteiger partial charge in [0, 0.05) is 41.7 Å². The molecule has 5 heteroatoms. The fraction of sp³-hybridized carbons (Fsp3) is 0.368. The number of nitrogens with one attached hydrogen (secondary N) is 1. The fourth-order valence-corrected chi connectivity index (χ4v) is 3.57. The number of thiazole rings is 1. The van der Waals surface area contributed by atoms with Crippen LogP contribution in [0.4, 0.5) is 11.4 Å². The van der Waals surface area contributed by atoms with Crippen LogP contribution in [-0.2, 0) is 0 Å². The average Bonchev–Trinajstić information content (AvgIpc) is 3.03. The zero-order valence-corrected chi connectivity index (χ0v) is 14.9. The van der Waals surface area contributed by atoms with Crippen LogP contribution in [0.2, 0.25) is 0 Å². The van der Waals surface area contributed by atoms with Crippen LogP contribution in [0.1, 0.15) is 30.5 Å². The first-order valence-electron chi connectivity index (χ1n) is 8.30. The van der Waals surface area contributed by atoms with Crippen molar-refractivity contribution < 1.29 is 0 Å². The van der Waals surface area contributed by atoms with Crippen molar-refractivity contribution in [3.05, 3.63) is 46.5 Å². The summed E-state index contributed by atoms with van der Waals surface area (Å²) < 4.78 is 0. The number of anilines is 2. The lowest BCUT2D eigenvalue weighted by Crippen LogP contribution is -2.32. The van der Waals surface area contributed by atoms with E-state index < -0.39 is 0 Å². The van der Waals surface area contributed by atoms with E-state index in [0.717, 1.165) is 35.4 Å². The van der Waals surface area contributed by atoms with Gasteiger partial charge < -0.3 is 10.2 Å². The van der Waals surface area contributed by atoms with Gasteiger partial charge >= 0.3 is 0 Å². The van der Waals surface area contributed by atoms with Crippen molar-refractivity contribution in [2.45, 2.75) is 26.7 Å². The Hall–Kier alpha value is -2.32. The van der Waals surface area contributed by atoms with Gasteiger partial charge in [-0.2, -0.15) is 5.26 Å². The largest absolute Gasteiger partial charge is 0.372 e. The summed E-state index contributed by atoms with van der Waals surface area (Å²) >= 11 is 1.49. The molecule has 124 valence electrons. The van der Waals surface area contributed by atoms with E-state index in [1.165, 1.54) is 29.9 Å². The molecule has 0 spiro atoms. The van der Waals surface area contributed by atoms with E-state index in [1.54, 1.807) is 6.20 Å². The fourth-order valence-electron chi connectivity index (χ4n) is 2.81. The SMILES string of the molecule is Cc1csc(/C(C#N)=C/Nc2ccc(N3CCC(C)CC3)cc2)n1. The molecule has 0 radical (unpaired) electrons. The van der Waals surface area contributed by atoms with Crippen LogP contribution in [0, 0.1) is 24.2 Å². The Labute approximate surface area is 147 Å². The summed E-state index contributed by atoms with van der Waals surface area (Å²) in [6.45, 7) is 6.53. The minimum atomic E-state index is 0.558. The number of nitrogens with zero attached hydrogens (tertiary/aromatic N) is 3. The maximum absolute atomic E-state index is 9.30. The Bertz CT molecular complexity index is 746. The van der Waals surface area contributed by atoms with E-state index in [-0.39, 0.29) is 0 Å². The van der Waals surface area contributed by atoms with Crippen molar-refractivity contribution in [2.24, 2.45) is 5.92 Å². The molecule has 1 saturated heterocycles. The molecule has 1 aliphatic heterocycles. The highest BCUT2D eigenvalue weighted by molar-refractivity contribution is 7.10. The topological polar surface area (TPSA) is 52.0 Å². The van der Waals surface area contributed by atoms with Crippen LogP contribution >= 0.6 is 11.3 Å². The molecule has 1 aromatic heterocycles. The van der Waals surface area contributed by atoms with Crippen LogP contribution in [0.25, 0.3) is 5.57 Å². The molecule has 1 aromatic carbocycles. The van der Waals surface area contributed by atoms with E-state index in [0.29, 0.717) is 5.57 Å². The number of rotatable bonds is 4. The Morgan fingerprint density at radius 1 is 1.33 bits per heavy atom. The van der Waals surface area contributed by atoms with Gasteiger partial charge in [-0.05, 0) is 49.9 Å². The second kappa shape index (κ2) is 7.50. The third kappa shape index (κ3) is 3.95. The van der Waals surface area contributed by atoms with Crippen molar-refractivity contribution in [1.82, 2.24) is 4.98 Å². The van der Waals surface area contributed by atoms with E-state index >= 15 is 0 Å². The van der Waals surface area contributed by atoms with Crippen molar-refractivity contribution in [3.63, 3.8) is 0 Å². The standard InChI is InChI=1S/C19H22N4S/c1-14-7-9-23(10-8-14)18-5-3-17(4-6-18)21-12-16(11-20)19-22-15(2)13-24-19/h3-6,12-14,21H,7-10H2,1-2H3/b16-12+. The first-order chi connectivity index (χ1) is 11.7. The van der Waals surface area contributed by atoms with Gasteiger partial charge in [-0.15, -0.1) is 11.3 Å². The van der Waals surface area contributed by atoms with Crippen molar-refractivity contribution in [2.75, 3.05) is 23.3 Å². The number of nitriles is 1. The van der Waals surface area contributed by atoms with E-state index in [2.05, 4.69) is 52.5 Å². The molecule has 0 unspecified atom stereocenters. The highest BCUT2D eigenvalue weighted by atomic mass is 32.1. The van der Waals surface area contributed by atoms with E-state index in [1.807, 2.05) is 12.3 Å². The number of piperidine rings is 1. The molecule has 4 nitrogen and oxygen atoms in total. The average molecular weight is 338 g/mol. The summed E-state index contributed by atoms with van der Waals surface area (Å²) in [4.78, 5) is 6.80. The van der Waals surface area contributed by atoms with Crippen LogP contribution in [0.5, 0.6) is 0 Å². The van der Waals surface area contributed by atoms with Crippen LogP contribution in [0.15, 0.2) is 35.8 Å². The van der Waals surface area contributed by atoms with Crippen LogP contribution < -0.4 is 10.2 Å². The number of aromatic nitrogens is 1. The van der Waals surface area contributed by atoms with E-state index in [4.69, 9.17) is 0 Å². The zero-order valence-electron chi connectivity index (χ0n) is 14.1. The molecule has 2 aromatic rings. The Kier molecular flexibility index (Phi) is 5.17. The van der Waals surface area contributed by atoms with Crippen molar-refractivity contribution in [3.8, 4) is 6.07 Å². The van der Waals surface area contributed by atoms with Gasteiger partial charge in [0.05, 0.1) is 0 Å². The molecule has 1 fully saturated rings. The molecule has 24 heavy (non-hydrogen) atoms. The van der Waals surface area contributed by atoms with Crippen LogP contribution in [-0.4, -0.2) is 18.1 Å². The van der Waals surface area contributed by atoms with Crippen LogP contribution in [0.3, 0.4) is 0 Å². The zero-order chi connectivity index (χ0) is 16.9. The molecule has 3 rings (SSSR count). The number of aryl methyl sites for hydroxylation is 1. The smallest absolute Gasteiger partial charge is 0.135 e. The summed E-state index contributed by atoms with van der Waals surface area (Å²) in [5.74, 6) is 0.839. The minimum Gasteiger partial charge on any atom is -0.372 e. The third-order valence-corrected chi connectivity index (χ3v) is 5.36. The summed E-state index contributed by atoms with van der Waals surface area (Å²) in [6.07, 6.45) is 4.26. The number of benzene rings is 1. The molecule has 1 aliphatic rings. The molecule has 0 saturated carbocycles. The monoisotopic (exact) mass is 338 g/mol. The molecule has 1 N–H and O–H groups in total. The lowest BCUT2D eigenvalue weighted by atomic mass is 9.99. The van der Waals surface area contributed by atoms with E-state index in [9.17, 15) is 5.26 Å². The first kappa shape index (κ1) is 16.5. The maximum Gasteiger partial charge on any atom is 0.135 e. The molecular formula is C19H22N4S. The minimum absolute atomic E-state index is 0.558. The summed E-state index contributed by atoms with van der Waals surface area (Å²) in [7, 11) is 0. The number of hydrogen-bond donors (Lipinski definition) is 1. The third-order valence-electron chi connectivity index (χ3n) is 4.37. The van der Waals surface area contributed by atoms with Crippen molar-refractivity contribution >= 4 is 28.3 Å². The molecule has 2 heterocycles. The van der Waals surface area contributed by atoms with Gasteiger partial charge in [0.2, 0.25) is 0 Å². The quantitative estimate of drug-likeness (QED) is 0.824. The summed E-state index contributed by atoms with van der Waals surface area (Å²) in [5.41, 5.74) is 3.75. The normalized spacial score (nSPS) is 16.0. The second-order valence-corrected chi connectivity index (χ2v) is 7.18. The van der Waals surface area contributed by atoms with Crippen molar-refractivity contribution in [1.29, 1.82) is 5.26 Å². The molecule has 0 bridgehead atoms. The number of hydrogen-bond acceptors (Lipinski definition) is 5. The predicted octanol–water partition coefficient (Wildman–Crippen LogP) is 4.66. The Morgan fingerprint density at radius 2 is 2.04 bits per heavy atom. The number of allylic oxidation sites excluding steroid dienone is 1.